The van der Waals surface area contributed by atoms with E-state index in [1.807, 2.05) is 0 Å². The van der Waals surface area contributed by atoms with Crippen LogP contribution >= 0.6 is 0 Å². The zero-order valence-electron chi connectivity index (χ0n) is 11.1. The van der Waals surface area contributed by atoms with Crippen molar-refractivity contribution in [3.05, 3.63) is 28.3 Å². The number of ether oxygens (including phenoxy) is 1. The lowest BCUT2D eigenvalue weighted by atomic mass is 10.2. The van der Waals surface area contributed by atoms with Gasteiger partial charge in [0, 0.05) is 17.8 Å². The maximum absolute atomic E-state index is 13.9. The first kappa shape index (κ1) is 16.0. The third kappa shape index (κ3) is 2.97. The molecule has 0 spiro atoms. The van der Waals surface area contributed by atoms with Gasteiger partial charge in [-0.1, -0.05) is 0 Å². The van der Waals surface area contributed by atoms with E-state index in [0.717, 1.165) is 18.3 Å². The normalized spacial score (nSPS) is 28.3. The fourth-order valence-corrected chi connectivity index (χ4v) is 2.02. The van der Waals surface area contributed by atoms with Crippen LogP contribution in [0.15, 0.2) is 17.1 Å². The van der Waals surface area contributed by atoms with Gasteiger partial charge in [-0.15, -0.1) is 0 Å². The minimum absolute atomic E-state index is 0.0284. The number of hydrogen-bond donors (Lipinski definition) is 3. The van der Waals surface area contributed by atoms with Gasteiger partial charge < -0.3 is 20.7 Å². The molecule has 1 aromatic rings. The molecule has 4 atom stereocenters. The quantitative estimate of drug-likeness (QED) is 0.638. The Kier molecular flexibility index (Phi) is 4.52. The van der Waals surface area contributed by atoms with E-state index >= 15 is 0 Å². The van der Waals surface area contributed by atoms with Crippen LogP contribution in [0.3, 0.4) is 0 Å². The Hall–Kier alpha value is -2.33. The monoisotopic (exact) mass is 317 g/mol. The van der Waals surface area contributed by atoms with Gasteiger partial charge in [0.25, 0.3) is 0 Å². The number of aliphatic hydroxyl groups is 1. The van der Waals surface area contributed by atoms with Crippen LogP contribution < -0.4 is 11.4 Å². The highest BCUT2D eigenvalue weighted by Gasteiger charge is 2.46. The van der Waals surface area contributed by atoms with Gasteiger partial charge in [-0.3, -0.25) is 4.57 Å². The number of carbonyl (C=O) groups is 1. The minimum Gasteiger partial charge on any atom is -0.478 e. The van der Waals surface area contributed by atoms with Crippen LogP contribution in [0.25, 0.3) is 6.08 Å². The van der Waals surface area contributed by atoms with Crippen molar-refractivity contribution in [2.75, 3.05) is 12.3 Å². The molecule has 1 aliphatic heterocycles. The number of alkyl halides is 2. The lowest BCUT2D eigenvalue weighted by Crippen LogP contribution is -2.32. The van der Waals surface area contributed by atoms with Crippen LogP contribution in [0.2, 0.25) is 0 Å². The Bertz CT molecular complexity index is 663. The number of nitrogen functional groups attached to an aromatic ring is 1. The molecule has 120 valence electrons. The summed E-state index contributed by atoms with van der Waals surface area (Å²) in [5.74, 6) is -1.52. The predicted octanol–water partition coefficient (Wildman–Crippen LogP) is -0.511. The Morgan fingerprint density at radius 2 is 2.18 bits per heavy atom. The highest BCUT2D eigenvalue weighted by atomic mass is 19.2. The largest absolute Gasteiger partial charge is 0.478 e. The number of halogens is 2. The number of carboxylic acids is 1. The molecule has 0 aliphatic carbocycles. The summed E-state index contributed by atoms with van der Waals surface area (Å²) >= 11 is 0. The Labute approximate surface area is 122 Å². The zero-order valence-corrected chi connectivity index (χ0v) is 11.1. The van der Waals surface area contributed by atoms with Gasteiger partial charge >= 0.3 is 11.7 Å². The topological polar surface area (TPSA) is 128 Å². The van der Waals surface area contributed by atoms with Crippen molar-refractivity contribution in [2.45, 2.75) is 24.7 Å². The second-order valence-electron chi connectivity index (χ2n) is 4.58. The van der Waals surface area contributed by atoms with E-state index in [1.54, 1.807) is 0 Å². The highest BCUT2D eigenvalue weighted by Crippen LogP contribution is 2.33. The van der Waals surface area contributed by atoms with E-state index in [1.165, 1.54) is 0 Å². The van der Waals surface area contributed by atoms with Gasteiger partial charge in [0.2, 0.25) is 0 Å². The summed E-state index contributed by atoms with van der Waals surface area (Å²) in [6.45, 7) is -0.749. The molecule has 2 rings (SSSR count). The molecule has 2 heterocycles. The molecule has 4 N–H and O–H groups in total. The standard InChI is InChI=1S/C12H13F2N3O5/c13-8-6(4-18)22-11(9(8)14)17-3-5(1-2-7(19)20)10(15)16-12(17)21/h1-3,6,8-9,11,18H,4H2,(H,19,20)(H2,15,16,21). The third-order valence-corrected chi connectivity index (χ3v) is 3.12. The van der Waals surface area contributed by atoms with Crippen LogP contribution in [0.5, 0.6) is 0 Å². The fraction of sp³-hybridized carbons (Fsp3) is 0.417. The van der Waals surface area contributed by atoms with E-state index in [2.05, 4.69) is 4.98 Å². The van der Waals surface area contributed by atoms with Crippen molar-refractivity contribution < 1.29 is 28.5 Å². The number of aliphatic carboxylic acids is 1. The molecule has 1 aromatic heterocycles. The summed E-state index contributed by atoms with van der Waals surface area (Å²) in [5, 5.41) is 17.5. The molecule has 0 radical (unpaired) electrons. The van der Waals surface area contributed by atoms with Gasteiger partial charge in [-0.25, -0.2) is 18.4 Å². The number of hydrogen-bond acceptors (Lipinski definition) is 6. The minimum atomic E-state index is -2.18. The van der Waals surface area contributed by atoms with E-state index < -0.39 is 42.9 Å². The zero-order chi connectivity index (χ0) is 16.4. The van der Waals surface area contributed by atoms with Gasteiger partial charge in [-0.2, -0.15) is 4.98 Å². The maximum atomic E-state index is 13.9. The van der Waals surface area contributed by atoms with E-state index in [-0.39, 0.29) is 11.4 Å². The molecule has 0 bridgehead atoms. The second kappa shape index (κ2) is 6.20. The molecule has 0 amide bonds. The van der Waals surface area contributed by atoms with Crippen molar-refractivity contribution in [3.63, 3.8) is 0 Å². The number of aliphatic hydroxyl groups excluding tert-OH is 1. The molecule has 1 saturated heterocycles. The van der Waals surface area contributed by atoms with Gasteiger partial charge in [0.15, 0.2) is 18.6 Å². The molecular formula is C12H13F2N3O5. The number of rotatable bonds is 4. The first-order valence-electron chi connectivity index (χ1n) is 6.19. The Balaban J connectivity index is 2.41. The number of nitrogens with two attached hydrogens (primary N) is 1. The predicted molar refractivity (Wildman–Crippen MR) is 70.4 cm³/mol. The summed E-state index contributed by atoms with van der Waals surface area (Å²) in [4.78, 5) is 25.7. The molecular weight excluding hydrogens is 304 g/mol. The molecule has 22 heavy (non-hydrogen) atoms. The number of nitrogens with zero attached hydrogens (tertiary/aromatic N) is 2. The maximum Gasteiger partial charge on any atom is 0.351 e. The highest BCUT2D eigenvalue weighted by molar-refractivity contribution is 5.86. The smallest absolute Gasteiger partial charge is 0.351 e. The lowest BCUT2D eigenvalue weighted by Gasteiger charge is -2.16. The summed E-state index contributed by atoms with van der Waals surface area (Å²) in [5.41, 5.74) is 4.52. The van der Waals surface area contributed by atoms with Crippen molar-refractivity contribution in [1.82, 2.24) is 9.55 Å². The van der Waals surface area contributed by atoms with Crippen molar-refractivity contribution in [3.8, 4) is 0 Å². The lowest BCUT2D eigenvalue weighted by molar-refractivity contribution is -0.131. The summed E-state index contributed by atoms with van der Waals surface area (Å²) in [6.07, 6.45) is -4.48. The van der Waals surface area contributed by atoms with Crippen LogP contribution in [0, 0.1) is 0 Å². The fourth-order valence-electron chi connectivity index (χ4n) is 2.02. The van der Waals surface area contributed by atoms with Crippen LogP contribution in [-0.2, 0) is 9.53 Å². The number of anilines is 1. The van der Waals surface area contributed by atoms with Crippen molar-refractivity contribution in [2.24, 2.45) is 0 Å². The van der Waals surface area contributed by atoms with E-state index in [9.17, 15) is 18.4 Å². The third-order valence-electron chi connectivity index (χ3n) is 3.12. The Morgan fingerprint density at radius 3 is 2.73 bits per heavy atom. The van der Waals surface area contributed by atoms with Gasteiger partial charge in [0.05, 0.1) is 6.61 Å². The Morgan fingerprint density at radius 1 is 1.50 bits per heavy atom. The van der Waals surface area contributed by atoms with Crippen molar-refractivity contribution >= 4 is 17.9 Å². The molecule has 0 saturated carbocycles. The molecule has 0 aromatic carbocycles. The number of carboxylic acid groups (broad SMARTS) is 1. The van der Waals surface area contributed by atoms with Crippen LogP contribution in [0.4, 0.5) is 14.6 Å². The average Bonchev–Trinajstić information content (AvgIpc) is 2.74. The van der Waals surface area contributed by atoms with Gasteiger partial charge in [0.1, 0.15) is 11.9 Å². The molecule has 10 heteroatoms. The molecule has 1 fully saturated rings. The SMILES string of the molecule is Nc1nc(=O)n(C2OC(CO)C(F)C2F)cc1C=CC(=O)O. The van der Waals surface area contributed by atoms with Crippen LogP contribution in [0.1, 0.15) is 11.8 Å². The first-order valence-corrected chi connectivity index (χ1v) is 6.19. The average molecular weight is 317 g/mol. The van der Waals surface area contributed by atoms with Crippen molar-refractivity contribution in [1.29, 1.82) is 0 Å². The van der Waals surface area contributed by atoms with Gasteiger partial charge in [-0.05, 0) is 6.08 Å². The first-order chi connectivity index (χ1) is 10.3. The molecule has 1 aliphatic rings. The molecule has 4 unspecified atom stereocenters. The van der Waals surface area contributed by atoms with Crippen LogP contribution in [-0.4, -0.2) is 50.8 Å². The second-order valence-corrected chi connectivity index (χ2v) is 4.58. The summed E-state index contributed by atoms with van der Waals surface area (Å²) in [6, 6.07) is 0. The summed E-state index contributed by atoms with van der Waals surface area (Å²) < 4.78 is 33.1. The summed E-state index contributed by atoms with van der Waals surface area (Å²) in [7, 11) is 0. The molecule has 8 nitrogen and oxygen atoms in total. The van der Waals surface area contributed by atoms with E-state index in [0.29, 0.717) is 4.57 Å². The number of aromatic nitrogens is 2. The van der Waals surface area contributed by atoms with E-state index in [4.69, 9.17) is 20.7 Å².